The second-order valence-corrected chi connectivity index (χ2v) is 9.59. The standard InChI is InChI=1S/C24H26N6O5S/c1-5-21(31)25-11-17-12-26-30(14-17)13-16-9-15(2)22-18(10-16)27-28-24(22)29-36(32,33)23-19(34-3)7-6-8-20(23)35-4/h5-10,12,14H,1,11,13H2,2-4H3,(H,25,31)(H2,27,28,29). The van der Waals surface area contributed by atoms with Gasteiger partial charge in [0.1, 0.15) is 11.5 Å². The second kappa shape index (κ2) is 10.1. The van der Waals surface area contributed by atoms with E-state index >= 15 is 0 Å². The summed E-state index contributed by atoms with van der Waals surface area (Å²) in [4.78, 5) is 11.2. The van der Waals surface area contributed by atoms with Crippen molar-refractivity contribution < 1.29 is 22.7 Å². The highest BCUT2D eigenvalue weighted by atomic mass is 32.2. The van der Waals surface area contributed by atoms with Crippen LogP contribution in [0.4, 0.5) is 5.82 Å². The fourth-order valence-electron chi connectivity index (χ4n) is 3.89. The molecule has 0 atom stereocenters. The van der Waals surface area contributed by atoms with Gasteiger partial charge in [0.2, 0.25) is 5.91 Å². The first kappa shape index (κ1) is 24.8. The van der Waals surface area contributed by atoms with E-state index in [-0.39, 0.29) is 28.1 Å². The van der Waals surface area contributed by atoms with Crippen LogP contribution in [-0.2, 0) is 27.9 Å². The Balaban J connectivity index is 1.59. The lowest BCUT2D eigenvalue weighted by atomic mass is 10.1. The van der Waals surface area contributed by atoms with Crippen molar-refractivity contribution in [2.24, 2.45) is 0 Å². The third-order valence-electron chi connectivity index (χ3n) is 5.49. The van der Waals surface area contributed by atoms with Crippen molar-refractivity contribution >= 4 is 32.7 Å². The molecule has 1 amide bonds. The molecule has 12 heteroatoms. The van der Waals surface area contributed by atoms with Crippen molar-refractivity contribution in [3.05, 3.63) is 72.1 Å². The number of fused-ring (bicyclic) bond motifs is 1. The minimum Gasteiger partial charge on any atom is -0.495 e. The molecule has 0 saturated heterocycles. The van der Waals surface area contributed by atoms with Gasteiger partial charge in [-0.1, -0.05) is 18.7 Å². The van der Waals surface area contributed by atoms with E-state index in [1.165, 1.54) is 20.3 Å². The first-order valence-electron chi connectivity index (χ1n) is 10.9. The number of amides is 1. The quantitative estimate of drug-likeness (QED) is 0.279. The lowest BCUT2D eigenvalue weighted by molar-refractivity contribution is -0.116. The maximum absolute atomic E-state index is 13.3. The van der Waals surface area contributed by atoms with E-state index in [1.807, 2.05) is 25.3 Å². The van der Waals surface area contributed by atoms with Crippen LogP contribution in [0.1, 0.15) is 16.7 Å². The number of aromatic amines is 1. The fraction of sp³-hybridized carbons (Fsp3) is 0.208. The average Bonchev–Trinajstić information content (AvgIpc) is 3.48. The van der Waals surface area contributed by atoms with Gasteiger partial charge in [0.15, 0.2) is 10.7 Å². The number of carbonyl (C=O) groups excluding carboxylic acids is 1. The van der Waals surface area contributed by atoms with E-state index in [0.717, 1.165) is 16.7 Å². The molecule has 0 spiro atoms. The summed E-state index contributed by atoms with van der Waals surface area (Å²) in [5.74, 6) is 0.228. The Morgan fingerprint density at radius 2 is 1.92 bits per heavy atom. The minimum absolute atomic E-state index is 0.112. The number of ether oxygens (including phenoxy) is 2. The molecule has 2 heterocycles. The molecule has 4 rings (SSSR count). The van der Waals surface area contributed by atoms with Crippen LogP contribution < -0.4 is 19.5 Å². The van der Waals surface area contributed by atoms with E-state index < -0.39 is 10.0 Å². The number of carbonyl (C=O) groups is 1. The molecular formula is C24H26N6O5S. The maximum Gasteiger partial charge on any atom is 0.270 e. The van der Waals surface area contributed by atoms with Crippen molar-refractivity contribution in [1.29, 1.82) is 0 Å². The highest BCUT2D eigenvalue weighted by Gasteiger charge is 2.26. The highest BCUT2D eigenvalue weighted by Crippen LogP contribution is 2.35. The Morgan fingerprint density at radius 1 is 1.19 bits per heavy atom. The van der Waals surface area contributed by atoms with Crippen molar-refractivity contribution in [3.63, 3.8) is 0 Å². The first-order valence-corrected chi connectivity index (χ1v) is 12.4. The molecule has 4 aromatic rings. The Kier molecular flexibility index (Phi) is 6.97. The van der Waals surface area contributed by atoms with Gasteiger partial charge in [-0.05, 0) is 42.3 Å². The van der Waals surface area contributed by atoms with Gasteiger partial charge in [-0.2, -0.15) is 10.2 Å². The van der Waals surface area contributed by atoms with Crippen LogP contribution in [0.5, 0.6) is 11.5 Å². The molecule has 0 aliphatic rings. The SMILES string of the molecule is C=CC(=O)NCc1cnn(Cc2cc(C)c3c(NS(=O)(=O)c4c(OC)cccc4OC)n[nH]c3c2)c1. The number of hydrogen-bond acceptors (Lipinski definition) is 7. The number of nitrogens with zero attached hydrogens (tertiary/aromatic N) is 3. The molecule has 36 heavy (non-hydrogen) atoms. The normalized spacial score (nSPS) is 11.3. The molecule has 0 unspecified atom stereocenters. The first-order chi connectivity index (χ1) is 17.2. The predicted octanol–water partition coefficient (Wildman–Crippen LogP) is 2.74. The largest absolute Gasteiger partial charge is 0.495 e. The number of sulfonamides is 1. The molecule has 0 bridgehead atoms. The van der Waals surface area contributed by atoms with Gasteiger partial charge in [-0.3, -0.25) is 19.3 Å². The van der Waals surface area contributed by atoms with E-state index in [4.69, 9.17) is 9.47 Å². The topological polar surface area (TPSA) is 140 Å². The Labute approximate surface area is 208 Å². The van der Waals surface area contributed by atoms with E-state index in [1.54, 1.807) is 29.1 Å². The molecule has 0 radical (unpaired) electrons. The van der Waals surface area contributed by atoms with E-state index in [2.05, 4.69) is 31.9 Å². The third kappa shape index (κ3) is 5.03. The van der Waals surface area contributed by atoms with Gasteiger partial charge in [0.05, 0.1) is 32.5 Å². The summed E-state index contributed by atoms with van der Waals surface area (Å²) < 4.78 is 41.4. The van der Waals surface area contributed by atoms with Crippen LogP contribution in [0.3, 0.4) is 0 Å². The molecule has 2 aromatic carbocycles. The lowest BCUT2D eigenvalue weighted by Gasteiger charge is -2.14. The number of nitrogens with one attached hydrogen (secondary N) is 3. The number of rotatable bonds is 10. The number of aromatic nitrogens is 4. The van der Waals surface area contributed by atoms with Gasteiger partial charge in [-0.25, -0.2) is 8.42 Å². The predicted molar refractivity (Wildman–Crippen MR) is 135 cm³/mol. The molecule has 0 aliphatic heterocycles. The van der Waals surface area contributed by atoms with E-state index in [0.29, 0.717) is 24.0 Å². The van der Waals surface area contributed by atoms with Gasteiger partial charge in [-0.15, -0.1) is 0 Å². The lowest BCUT2D eigenvalue weighted by Crippen LogP contribution is -2.19. The number of benzene rings is 2. The van der Waals surface area contributed by atoms with Gasteiger partial charge in [0, 0.05) is 23.7 Å². The number of H-pyrrole nitrogens is 1. The van der Waals surface area contributed by atoms with Crippen LogP contribution in [0.2, 0.25) is 0 Å². The van der Waals surface area contributed by atoms with Crippen molar-refractivity contribution in [2.45, 2.75) is 24.9 Å². The molecule has 0 aliphatic carbocycles. The molecule has 3 N–H and O–H groups in total. The Bertz CT molecular complexity index is 1520. The number of aryl methyl sites for hydroxylation is 1. The van der Waals surface area contributed by atoms with Crippen molar-refractivity contribution in [2.75, 3.05) is 18.9 Å². The van der Waals surface area contributed by atoms with Crippen molar-refractivity contribution in [1.82, 2.24) is 25.3 Å². The zero-order valence-corrected chi connectivity index (χ0v) is 20.8. The molecule has 2 aromatic heterocycles. The second-order valence-electron chi connectivity index (χ2n) is 7.97. The van der Waals surface area contributed by atoms with Crippen LogP contribution in [0.15, 0.2) is 60.3 Å². The minimum atomic E-state index is -4.08. The maximum atomic E-state index is 13.3. The van der Waals surface area contributed by atoms with Gasteiger partial charge < -0.3 is 14.8 Å². The summed E-state index contributed by atoms with van der Waals surface area (Å²) in [5.41, 5.74) is 3.29. The van der Waals surface area contributed by atoms with Gasteiger partial charge >= 0.3 is 0 Å². The van der Waals surface area contributed by atoms with E-state index in [9.17, 15) is 13.2 Å². The molecule has 11 nitrogen and oxygen atoms in total. The third-order valence-corrected chi connectivity index (χ3v) is 6.89. The zero-order chi connectivity index (χ0) is 25.9. The zero-order valence-electron chi connectivity index (χ0n) is 20.0. The summed E-state index contributed by atoms with van der Waals surface area (Å²) in [6, 6.07) is 8.57. The number of hydrogen-bond donors (Lipinski definition) is 3. The molecule has 0 fully saturated rings. The molecular weight excluding hydrogens is 484 g/mol. The van der Waals surface area contributed by atoms with Gasteiger partial charge in [0.25, 0.3) is 10.0 Å². The number of anilines is 1. The van der Waals surface area contributed by atoms with Crippen LogP contribution in [0, 0.1) is 6.92 Å². The summed E-state index contributed by atoms with van der Waals surface area (Å²) >= 11 is 0. The average molecular weight is 511 g/mol. The molecule has 0 saturated carbocycles. The summed E-state index contributed by atoms with van der Waals surface area (Å²) in [5, 5.41) is 14.8. The van der Waals surface area contributed by atoms with Crippen LogP contribution in [0.25, 0.3) is 10.9 Å². The number of methoxy groups -OCH3 is 2. The van der Waals surface area contributed by atoms with Crippen molar-refractivity contribution in [3.8, 4) is 11.5 Å². The fourth-order valence-corrected chi connectivity index (χ4v) is 5.23. The Hall–Kier alpha value is -4.32. The monoisotopic (exact) mass is 510 g/mol. The smallest absolute Gasteiger partial charge is 0.270 e. The Morgan fingerprint density at radius 3 is 2.58 bits per heavy atom. The summed E-state index contributed by atoms with van der Waals surface area (Å²) in [7, 11) is -1.29. The van der Waals surface area contributed by atoms with Crippen LogP contribution in [-0.4, -0.2) is 48.5 Å². The van der Waals surface area contributed by atoms with Crippen LogP contribution >= 0.6 is 0 Å². The molecule has 188 valence electrons. The summed E-state index contributed by atoms with van der Waals surface area (Å²) in [6.07, 6.45) is 4.74. The highest BCUT2D eigenvalue weighted by molar-refractivity contribution is 7.93. The summed E-state index contributed by atoms with van der Waals surface area (Å²) in [6.45, 7) is 6.13.